The summed E-state index contributed by atoms with van der Waals surface area (Å²) in [5.74, 6) is 1.41. The highest BCUT2D eigenvalue weighted by molar-refractivity contribution is 5.90. The first-order valence-electron chi connectivity index (χ1n) is 7.72. The van der Waals surface area contributed by atoms with Crippen LogP contribution in [0.15, 0.2) is 36.4 Å². The Bertz CT molecular complexity index is 702. The van der Waals surface area contributed by atoms with Crippen molar-refractivity contribution in [1.29, 1.82) is 0 Å². The fraction of sp³-hybridized carbons (Fsp3) is 0.316. The standard InChI is InChI=1S/C19H21NO2/c1-12(2)14-4-6-15(7-5-14)18-11-17(20-13(3)21)10-16-8-9-22-19(16)18/h4-7,10-12H,8-9H2,1-3H3,(H,20,21). The minimum atomic E-state index is -0.0556. The summed E-state index contributed by atoms with van der Waals surface area (Å²) in [6, 6.07) is 12.6. The zero-order chi connectivity index (χ0) is 15.7. The quantitative estimate of drug-likeness (QED) is 0.913. The summed E-state index contributed by atoms with van der Waals surface area (Å²) in [5, 5.41) is 2.88. The number of nitrogens with one attached hydrogen (secondary N) is 1. The number of ether oxygens (including phenoxy) is 1. The summed E-state index contributed by atoms with van der Waals surface area (Å²) < 4.78 is 5.81. The number of fused-ring (bicyclic) bond motifs is 1. The first kappa shape index (κ1) is 14.6. The Morgan fingerprint density at radius 3 is 2.55 bits per heavy atom. The maximum atomic E-state index is 11.3. The molecule has 0 radical (unpaired) electrons. The Labute approximate surface area is 131 Å². The Morgan fingerprint density at radius 2 is 1.91 bits per heavy atom. The molecule has 0 aliphatic carbocycles. The molecule has 0 spiro atoms. The molecule has 3 nitrogen and oxygen atoms in total. The minimum absolute atomic E-state index is 0.0556. The second kappa shape index (κ2) is 5.84. The van der Waals surface area contributed by atoms with Crippen LogP contribution >= 0.6 is 0 Å². The second-order valence-electron chi connectivity index (χ2n) is 6.07. The number of amides is 1. The van der Waals surface area contributed by atoms with Crippen LogP contribution < -0.4 is 10.1 Å². The number of hydrogen-bond donors (Lipinski definition) is 1. The van der Waals surface area contributed by atoms with Crippen molar-refractivity contribution in [3.63, 3.8) is 0 Å². The topological polar surface area (TPSA) is 38.3 Å². The molecule has 0 saturated heterocycles. The molecule has 3 heteroatoms. The van der Waals surface area contributed by atoms with E-state index in [2.05, 4.69) is 43.4 Å². The molecule has 3 rings (SSSR count). The molecule has 0 atom stereocenters. The van der Waals surface area contributed by atoms with E-state index in [0.717, 1.165) is 34.5 Å². The molecule has 1 aliphatic rings. The summed E-state index contributed by atoms with van der Waals surface area (Å²) in [4.78, 5) is 11.3. The fourth-order valence-electron chi connectivity index (χ4n) is 2.85. The van der Waals surface area contributed by atoms with Crippen LogP contribution in [0.1, 0.15) is 37.8 Å². The van der Waals surface area contributed by atoms with Crippen LogP contribution in [-0.4, -0.2) is 12.5 Å². The number of carbonyl (C=O) groups excluding carboxylic acids is 1. The van der Waals surface area contributed by atoms with Crippen molar-refractivity contribution in [3.05, 3.63) is 47.5 Å². The summed E-state index contributed by atoms with van der Waals surface area (Å²) >= 11 is 0. The van der Waals surface area contributed by atoms with Crippen molar-refractivity contribution >= 4 is 11.6 Å². The number of benzene rings is 2. The lowest BCUT2D eigenvalue weighted by molar-refractivity contribution is -0.114. The van der Waals surface area contributed by atoms with E-state index < -0.39 is 0 Å². The molecular weight excluding hydrogens is 274 g/mol. The van der Waals surface area contributed by atoms with Gasteiger partial charge in [-0.3, -0.25) is 4.79 Å². The van der Waals surface area contributed by atoms with Crippen LogP contribution in [0.2, 0.25) is 0 Å². The van der Waals surface area contributed by atoms with Crippen LogP contribution in [-0.2, 0) is 11.2 Å². The first-order chi connectivity index (χ1) is 10.5. The predicted molar refractivity (Wildman–Crippen MR) is 89.5 cm³/mol. The van der Waals surface area contributed by atoms with Gasteiger partial charge in [0.15, 0.2) is 0 Å². The highest BCUT2D eigenvalue weighted by Crippen LogP contribution is 2.39. The second-order valence-corrected chi connectivity index (χ2v) is 6.07. The molecule has 2 aromatic carbocycles. The summed E-state index contributed by atoms with van der Waals surface area (Å²) in [5.41, 5.74) is 5.48. The van der Waals surface area contributed by atoms with Gasteiger partial charge in [-0.2, -0.15) is 0 Å². The Morgan fingerprint density at radius 1 is 1.18 bits per heavy atom. The van der Waals surface area contributed by atoms with Crippen molar-refractivity contribution in [3.8, 4) is 16.9 Å². The fourth-order valence-corrected chi connectivity index (χ4v) is 2.85. The number of carbonyl (C=O) groups is 1. The first-order valence-corrected chi connectivity index (χ1v) is 7.72. The van der Waals surface area contributed by atoms with Gasteiger partial charge in [0.2, 0.25) is 5.91 Å². The van der Waals surface area contributed by atoms with E-state index >= 15 is 0 Å². The van der Waals surface area contributed by atoms with Crippen molar-refractivity contribution in [1.82, 2.24) is 0 Å². The third-order valence-electron chi connectivity index (χ3n) is 3.99. The van der Waals surface area contributed by atoms with Gasteiger partial charge in [-0.15, -0.1) is 0 Å². The van der Waals surface area contributed by atoms with E-state index in [4.69, 9.17) is 4.74 Å². The average molecular weight is 295 g/mol. The lowest BCUT2D eigenvalue weighted by atomic mass is 9.96. The van der Waals surface area contributed by atoms with Crippen molar-refractivity contribution in [2.24, 2.45) is 0 Å². The largest absolute Gasteiger partial charge is 0.492 e. The van der Waals surface area contributed by atoms with Crippen LogP contribution in [0.5, 0.6) is 5.75 Å². The Hall–Kier alpha value is -2.29. The highest BCUT2D eigenvalue weighted by atomic mass is 16.5. The van der Waals surface area contributed by atoms with E-state index in [-0.39, 0.29) is 5.91 Å². The lowest BCUT2D eigenvalue weighted by Gasteiger charge is -2.13. The van der Waals surface area contributed by atoms with E-state index in [1.165, 1.54) is 12.5 Å². The van der Waals surface area contributed by atoms with E-state index in [1.807, 2.05) is 12.1 Å². The normalized spacial score (nSPS) is 12.9. The Balaban J connectivity index is 2.05. The number of hydrogen-bond acceptors (Lipinski definition) is 2. The molecule has 1 N–H and O–H groups in total. The molecule has 0 bridgehead atoms. The van der Waals surface area contributed by atoms with Crippen LogP contribution in [0.3, 0.4) is 0 Å². The zero-order valence-electron chi connectivity index (χ0n) is 13.3. The predicted octanol–water partition coefficient (Wildman–Crippen LogP) is 4.37. The maximum Gasteiger partial charge on any atom is 0.221 e. The molecule has 0 saturated carbocycles. The molecule has 1 aliphatic heterocycles. The molecule has 114 valence electrons. The average Bonchev–Trinajstić information content (AvgIpc) is 2.94. The van der Waals surface area contributed by atoms with E-state index in [1.54, 1.807) is 0 Å². The van der Waals surface area contributed by atoms with Gasteiger partial charge in [-0.1, -0.05) is 38.1 Å². The number of anilines is 1. The maximum absolute atomic E-state index is 11.3. The highest BCUT2D eigenvalue weighted by Gasteiger charge is 2.19. The molecule has 0 aromatic heterocycles. The van der Waals surface area contributed by atoms with Crippen molar-refractivity contribution in [2.75, 3.05) is 11.9 Å². The van der Waals surface area contributed by atoms with Crippen LogP contribution in [0, 0.1) is 0 Å². The SMILES string of the molecule is CC(=O)Nc1cc2c(c(-c3ccc(C(C)C)cc3)c1)OCC2. The molecule has 1 amide bonds. The number of rotatable bonds is 3. The van der Waals surface area contributed by atoms with Gasteiger partial charge in [0.1, 0.15) is 5.75 Å². The van der Waals surface area contributed by atoms with Gasteiger partial charge < -0.3 is 10.1 Å². The molecule has 0 fully saturated rings. The van der Waals surface area contributed by atoms with Crippen molar-refractivity contribution in [2.45, 2.75) is 33.1 Å². The van der Waals surface area contributed by atoms with Gasteiger partial charge >= 0.3 is 0 Å². The zero-order valence-corrected chi connectivity index (χ0v) is 13.3. The van der Waals surface area contributed by atoms with Gasteiger partial charge in [-0.05, 0) is 29.2 Å². The van der Waals surface area contributed by atoms with E-state index in [9.17, 15) is 4.79 Å². The third kappa shape index (κ3) is 2.84. The molecule has 1 heterocycles. The Kier molecular flexibility index (Phi) is 3.88. The molecule has 0 unspecified atom stereocenters. The van der Waals surface area contributed by atoms with Crippen molar-refractivity contribution < 1.29 is 9.53 Å². The van der Waals surface area contributed by atoms with Gasteiger partial charge in [0.05, 0.1) is 6.61 Å². The van der Waals surface area contributed by atoms with Crippen LogP contribution in [0.25, 0.3) is 11.1 Å². The van der Waals surface area contributed by atoms with E-state index in [0.29, 0.717) is 12.5 Å². The van der Waals surface area contributed by atoms with Crippen LogP contribution in [0.4, 0.5) is 5.69 Å². The third-order valence-corrected chi connectivity index (χ3v) is 3.99. The summed E-state index contributed by atoms with van der Waals surface area (Å²) in [6.45, 7) is 6.61. The smallest absolute Gasteiger partial charge is 0.221 e. The summed E-state index contributed by atoms with van der Waals surface area (Å²) in [6.07, 6.45) is 0.889. The minimum Gasteiger partial charge on any atom is -0.492 e. The van der Waals surface area contributed by atoms with Gasteiger partial charge in [0, 0.05) is 30.2 Å². The van der Waals surface area contributed by atoms with Gasteiger partial charge in [-0.25, -0.2) is 0 Å². The molecule has 2 aromatic rings. The molecular formula is C19H21NO2. The van der Waals surface area contributed by atoms with Gasteiger partial charge in [0.25, 0.3) is 0 Å². The monoisotopic (exact) mass is 295 g/mol. The lowest BCUT2D eigenvalue weighted by Crippen LogP contribution is -2.06. The molecule has 22 heavy (non-hydrogen) atoms. The summed E-state index contributed by atoms with van der Waals surface area (Å²) in [7, 11) is 0.